The molecule has 112 valence electrons. The summed E-state index contributed by atoms with van der Waals surface area (Å²) in [6, 6.07) is 7.71. The fourth-order valence-corrected chi connectivity index (χ4v) is 4.24. The Bertz CT molecular complexity index is 563. The standard InChI is InChI=1S/C15H24N2O2S/c1-15(2,14-7-8-14)17-20(18,19)11-13-6-4-5-12(9-13)10-16-3/h4-6,9,14,16-17H,7-8,10-11H2,1-3H3. The van der Waals surface area contributed by atoms with Crippen LogP contribution in [0.1, 0.15) is 37.8 Å². The van der Waals surface area contributed by atoms with Crippen molar-refractivity contribution in [2.75, 3.05) is 7.05 Å². The molecule has 0 bridgehead atoms. The van der Waals surface area contributed by atoms with Crippen LogP contribution in [0.5, 0.6) is 0 Å². The predicted octanol–water partition coefficient (Wildman–Crippen LogP) is 2.01. The molecule has 0 spiro atoms. The Hall–Kier alpha value is -0.910. The molecule has 0 aromatic heterocycles. The summed E-state index contributed by atoms with van der Waals surface area (Å²) in [5.74, 6) is 0.522. The van der Waals surface area contributed by atoms with Gasteiger partial charge in [-0.05, 0) is 50.8 Å². The molecule has 1 aliphatic carbocycles. The minimum absolute atomic E-state index is 0.0424. The van der Waals surface area contributed by atoms with E-state index in [1.807, 2.05) is 45.2 Å². The zero-order valence-corrected chi connectivity index (χ0v) is 13.3. The number of hydrogen-bond acceptors (Lipinski definition) is 3. The first kappa shape index (κ1) is 15.5. The van der Waals surface area contributed by atoms with Crippen LogP contribution in [0.4, 0.5) is 0 Å². The number of hydrogen-bond donors (Lipinski definition) is 2. The van der Waals surface area contributed by atoms with Gasteiger partial charge in [0.25, 0.3) is 0 Å². The van der Waals surface area contributed by atoms with E-state index in [2.05, 4.69) is 10.0 Å². The van der Waals surface area contributed by atoms with Crippen LogP contribution in [0.15, 0.2) is 24.3 Å². The van der Waals surface area contributed by atoms with Gasteiger partial charge in [0, 0.05) is 12.1 Å². The highest BCUT2D eigenvalue weighted by Crippen LogP contribution is 2.39. The van der Waals surface area contributed by atoms with E-state index in [0.29, 0.717) is 5.92 Å². The third-order valence-electron chi connectivity index (χ3n) is 3.75. The summed E-state index contributed by atoms with van der Waals surface area (Å²) >= 11 is 0. The predicted molar refractivity (Wildman–Crippen MR) is 81.8 cm³/mol. The Morgan fingerprint density at radius 2 is 1.90 bits per heavy atom. The van der Waals surface area contributed by atoms with Crippen LogP contribution in [-0.2, 0) is 22.3 Å². The highest BCUT2D eigenvalue weighted by atomic mass is 32.2. The molecule has 5 heteroatoms. The normalized spacial score (nSPS) is 16.4. The molecular formula is C15H24N2O2S. The fourth-order valence-electron chi connectivity index (χ4n) is 2.58. The topological polar surface area (TPSA) is 58.2 Å². The second-order valence-electron chi connectivity index (χ2n) is 6.21. The minimum Gasteiger partial charge on any atom is -0.316 e. The lowest BCUT2D eigenvalue weighted by molar-refractivity contribution is 0.400. The van der Waals surface area contributed by atoms with Crippen molar-refractivity contribution < 1.29 is 8.42 Å². The monoisotopic (exact) mass is 296 g/mol. The second kappa shape index (κ2) is 5.84. The molecule has 0 saturated heterocycles. The van der Waals surface area contributed by atoms with Crippen molar-refractivity contribution in [3.8, 4) is 0 Å². The van der Waals surface area contributed by atoms with Crippen LogP contribution in [0.25, 0.3) is 0 Å². The quantitative estimate of drug-likeness (QED) is 0.809. The first-order valence-electron chi connectivity index (χ1n) is 7.06. The van der Waals surface area contributed by atoms with Gasteiger partial charge in [-0.2, -0.15) is 0 Å². The van der Waals surface area contributed by atoms with Crippen LogP contribution < -0.4 is 10.0 Å². The van der Waals surface area contributed by atoms with Gasteiger partial charge < -0.3 is 5.32 Å². The molecule has 1 aliphatic rings. The van der Waals surface area contributed by atoms with Crippen LogP contribution in [0, 0.1) is 5.92 Å². The SMILES string of the molecule is CNCc1cccc(CS(=O)(=O)NC(C)(C)C2CC2)c1. The summed E-state index contributed by atoms with van der Waals surface area (Å²) in [7, 11) is -1.42. The Morgan fingerprint density at radius 3 is 2.50 bits per heavy atom. The molecule has 20 heavy (non-hydrogen) atoms. The number of benzene rings is 1. The summed E-state index contributed by atoms with van der Waals surface area (Å²) < 4.78 is 27.4. The fraction of sp³-hybridized carbons (Fsp3) is 0.600. The Labute approximate surface area is 122 Å². The third-order valence-corrected chi connectivity index (χ3v) is 5.30. The Balaban J connectivity index is 2.05. The van der Waals surface area contributed by atoms with E-state index in [9.17, 15) is 8.42 Å². The third kappa shape index (κ3) is 4.30. The largest absolute Gasteiger partial charge is 0.316 e. The van der Waals surface area contributed by atoms with E-state index in [1.165, 1.54) is 0 Å². The average Bonchev–Trinajstić information content (AvgIpc) is 3.11. The molecule has 1 aromatic rings. The molecule has 0 aliphatic heterocycles. The van der Waals surface area contributed by atoms with Gasteiger partial charge in [-0.1, -0.05) is 24.3 Å². The molecule has 2 N–H and O–H groups in total. The molecule has 0 amide bonds. The van der Waals surface area contributed by atoms with Crippen LogP contribution in [-0.4, -0.2) is 21.0 Å². The van der Waals surface area contributed by atoms with Gasteiger partial charge in [0.15, 0.2) is 0 Å². The lowest BCUT2D eigenvalue weighted by atomic mass is 10.0. The molecule has 4 nitrogen and oxygen atoms in total. The summed E-state index contributed by atoms with van der Waals surface area (Å²) in [6.07, 6.45) is 2.24. The Morgan fingerprint density at radius 1 is 1.25 bits per heavy atom. The van der Waals surface area contributed by atoms with Crippen molar-refractivity contribution in [2.45, 2.75) is 44.5 Å². The van der Waals surface area contributed by atoms with Gasteiger partial charge >= 0.3 is 0 Å². The van der Waals surface area contributed by atoms with Crippen molar-refractivity contribution in [1.82, 2.24) is 10.0 Å². The van der Waals surface area contributed by atoms with Gasteiger partial charge in [0.1, 0.15) is 0 Å². The highest BCUT2D eigenvalue weighted by molar-refractivity contribution is 7.88. The van der Waals surface area contributed by atoms with E-state index in [1.54, 1.807) is 0 Å². The van der Waals surface area contributed by atoms with E-state index < -0.39 is 10.0 Å². The van der Waals surface area contributed by atoms with E-state index in [4.69, 9.17) is 0 Å². The number of rotatable bonds is 7. The maximum absolute atomic E-state index is 12.3. The lowest BCUT2D eigenvalue weighted by Crippen LogP contribution is -2.45. The van der Waals surface area contributed by atoms with E-state index in [-0.39, 0.29) is 11.3 Å². The summed E-state index contributed by atoms with van der Waals surface area (Å²) in [5.41, 5.74) is 1.60. The summed E-state index contributed by atoms with van der Waals surface area (Å²) in [4.78, 5) is 0. The first-order valence-corrected chi connectivity index (χ1v) is 8.72. The molecule has 0 atom stereocenters. The highest BCUT2D eigenvalue weighted by Gasteiger charge is 2.40. The average molecular weight is 296 g/mol. The van der Waals surface area contributed by atoms with E-state index in [0.717, 1.165) is 30.5 Å². The van der Waals surface area contributed by atoms with Crippen molar-refractivity contribution in [1.29, 1.82) is 0 Å². The molecule has 1 aromatic carbocycles. The molecular weight excluding hydrogens is 272 g/mol. The first-order chi connectivity index (χ1) is 9.32. The molecule has 0 unspecified atom stereocenters. The number of sulfonamides is 1. The van der Waals surface area contributed by atoms with Crippen molar-refractivity contribution >= 4 is 10.0 Å². The van der Waals surface area contributed by atoms with Gasteiger partial charge in [0.2, 0.25) is 10.0 Å². The Kier molecular flexibility index (Phi) is 4.52. The molecule has 0 heterocycles. The minimum atomic E-state index is -3.30. The zero-order valence-electron chi connectivity index (χ0n) is 12.4. The van der Waals surface area contributed by atoms with E-state index >= 15 is 0 Å². The smallest absolute Gasteiger partial charge is 0.216 e. The van der Waals surface area contributed by atoms with Gasteiger partial charge in [0.05, 0.1) is 5.75 Å². The maximum atomic E-state index is 12.3. The molecule has 1 fully saturated rings. The van der Waals surface area contributed by atoms with Gasteiger partial charge in [-0.15, -0.1) is 0 Å². The lowest BCUT2D eigenvalue weighted by Gasteiger charge is -2.25. The maximum Gasteiger partial charge on any atom is 0.216 e. The van der Waals surface area contributed by atoms with Crippen molar-refractivity contribution in [3.05, 3.63) is 35.4 Å². The second-order valence-corrected chi connectivity index (χ2v) is 7.93. The van der Waals surface area contributed by atoms with Crippen LogP contribution in [0.3, 0.4) is 0 Å². The summed E-state index contributed by atoms with van der Waals surface area (Å²) in [5, 5.41) is 3.07. The van der Waals surface area contributed by atoms with Crippen LogP contribution in [0.2, 0.25) is 0 Å². The van der Waals surface area contributed by atoms with Gasteiger partial charge in [-0.25, -0.2) is 13.1 Å². The van der Waals surface area contributed by atoms with Crippen molar-refractivity contribution in [3.63, 3.8) is 0 Å². The summed E-state index contributed by atoms with van der Waals surface area (Å²) in [6.45, 7) is 4.69. The van der Waals surface area contributed by atoms with Gasteiger partial charge in [-0.3, -0.25) is 0 Å². The zero-order chi connectivity index (χ0) is 14.8. The molecule has 0 radical (unpaired) electrons. The molecule has 2 rings (SSSR count). The number of nitrogens with one attached hydrogen (secondary N) is 2. The van der Waals surface area contributed by atoms with Crippen LogP contribution >= 0.6 is 0 Å². The molecule has 1 saturated carbocycles. The van der Waals surface area contributed by atoms with Crippen molar-refractivity contribution in [2.24, 2.45) is 5.92 Å².